The second kappa shape index (κ2) is 5.58. The van der Waals surface area contributed by atoms with E-state index in [0.717, 1.165) is 0 Å². The normalized spacial score (nSPS) is 13.9. The first-order valence-electron chi connectivity index (χ1n) is 4.92. The molecule has 0 aromatic carbocycles. The Hall–Kier alpha value is -1.69. The number of carbonyl (C=O) groups is 1. The zero-order valence-corrected chi connectivity index (χ0v) is 9.10. The largest absolute Gasteiger partial charge is 0.466 e. The van der Waals surface area contributed by atoms with Gasteiger partial charge in [-0.05, 0) is 25.1 Å². The van der Waals surface area contributed by atoms with Crippen LogP contribution in [0.1, 0.15) is 18.8 Å². The second-order valence-electron chi connectivity index (χ2n) is 3.18. The van der Waals surface area contributed by atoms with Gasteiger partial charge in [-0.15, -0.1) is 0 Å². The summed E-state index contributed by atoms with van der Waals surface area (Å²) in [5, 5.41) is 9.33. The quantitative estimate of drug-likeness (QED) is 0.638. The fourth-order valence-electron chi connectivity index (χ4n) is 1.10. The molecule has 6 heteroatoms. The van der Waals surface area contributed by atoms with Crippen LogP contribution in [0.2, 0.25) is 0 Å². The van der Waals surface area contributed by atoms with Crippen molar-refractivity contribution in [2.75, 3.05) is 6.61 Å². The SMILES string of the molecule is CCOC(=O)/C=C/C(F)(F)[C@H](O)c1ccco1. The van der Waals surface area contributed by atoms with Gasteiger partial charge in [0, 0.05) is 6.08 Å². The molecule has 1 atom stereocenters. The molecule has 0 saturated heterocycles. The van der Waals surface area contributed by atoms with Crippen molar-refractivity contribution in [3.8, 4) is 0 Å². The third-order valence-electron chi connectivity index (χ3n) is 1.91. The molecule has 0 fully saturated rings. The molecule has 0 radical (unpaired) electrons. The lowest BCUT2D eigenvalue weighted by Crippen LogP contribution is -2.23. The van der Waals surface area contributed by atoms with Gasteiger partial charge in [-0.3, -0.25) is 0 Å². The Bertz CT molecular complexity index is 384. The maximum atomic E-state index is 13.4. The molecular formula is C11H12F2O4. The first-order chi connectivity index (χ1) is 7.97. The Labute approximate surface area is 96.5 Å². The first-order valence-corrected chi connectivity index (χ1v) is 4.92. The minimum atomic E-state index is -3.61. The average Bonchev–Trinajstić information content (AvgIpc) is 2.79. The first kappa shape index (κ1) is 13.4. The summed E-state index contributed by atoms with van der Waals surface area (Å²) in [5.74, 6) is -4.77. The number of rotatable bonds is 5. The van der Waals surface area contributed by atoms with Gasteiger partial charge in [0.15, 0.2) is 6.10 Å². The number of hydrogen-bond donors (Lipinski definition) is 1. The number of aliphatic hydroxyl groups excluding tert-OH is 1. The zero-order valence-electron chi connectivity index (χ0n) is 9.10. The van der Waals surface area contributed by atoms with E-state index in [0.29, 0.717) is 6.08 Å². The van der Waals surface area contributed by atoms with Gasteiger partial charge < -0.3 is 14.3 Å². The van der Waals surface area contributed by atoms with E-state index in [1.54, 1.807) is 6.92 Å². The molecule has 0 unspecified atom stereocenters. The van der Waals surface area contributed by atoms with Crippen LogP contribution in [0.4, 0.5) is 8.78 Å². The Morgan fingerprint density at radius 3 is 2.94 bits per heavy atom. The zero-order chi connectivity index (χ0) is 12.9. The molecule has 4 nitrogen and oxygen atoms in total. The van der Waals surface area contributed by atoms with Crippen molar-refractivity contribution in [2.45, 2.75) is 19.0 Å². The third kappa shape index (κ3) is 3.67. The number of carbonyl (C=O) groups excluding carboxylic acids is 1. The highest BCUT2D eigenvalue weighted by atomic mass is 19.3. The van der Waals surface area contributed by atoms with E-state index in [1.165, 1.54) is 18.4 Å². The number of esters is 1. The smallest absolute Gasteiger partial charge is 0.330 e. The molecule has 1 aromatic rings. The molecule has 0 aliphatic rings. The maximum Gasteiger partial charge on any atom is 0.330 e. The van der Waals surface area contributed by atoms with E-state index in [-0.39, 0.29) is 18.4 Å². The van der Waals surface area contributed by atoms with Crippen molar-refractivity contribution in [3.05, 3.63) is 36.3 Å². The predicted octanol–water partition coefficient (Wildman–Crippen LogP) is 2.07. The molecule has 1 N–H and O–H groups in total. The Morgan fingerprint density at radius 2 is 2.41 bits per heavy atom. The monoisotopic (exact) mass is 246 g/mol. The number of halogens is 2. The van der Waals surface area contributed by atoms with Crippen molar-refractivity contribution in [2.24, 2.45) is 0 Å². The minimum Gasteiger partial charge on any atom is -0.466 e. The molecular weight excluding hydrogens is 234 g/mol. The second-order valence-corrected chi connectivity index (χ2v) is 3.18. The Balaban J connectivity index is 2.71. The van der Waals surface area contributed by atoms with E-state index in [9.17, 15) is 18.7 Å². The fourth-order valence-corrected chi connectivity index (χ4v) is 1.10. The average molecular weight is 246 g/mol. The van der Waals surface area contributed by atoms with Crippen molar-refractivity contribution in [1.29, 1.82) is 0 Å². The molecule has 1 aromatic heterocycles. The van der Waals surface area contributed by atoms with E-state index in [2.05, 4.69) is 9.15 Å². The highest BCUT2D eigenvalue weighted by molar-refractivity contribution is 5.82. The van der Waals surface area contributed by atoms with Crippen molar-refractivity contribution >= 4 is 5.97 Å². The van der Waals surface area contributed by atoms with Crippen molar-refractivity contribution < 1.29 is 27.8 Å². The Morgan fingerprint density at radius 1 is 1.71 bits per heavy atom. The van der Waals surface area contributed by atoms with Crippen LogP contribution in [0.5, 0.6) is 0 Å². The summed E-state index contributed by atoms with van der Waals surface area (Å²) in [7, 11) is 0. The third-order valence-corrected chi connectivity index (χ3v) is 1.91. The lowest BCUT2D eigenvalue weighted by atomic mass is 10.1. The molecule has 0 aliphatic carbocycles. The highest BCUT2D eigenvalue weighted by Crippen LogP contribution is 2.32. The maximum absolute atomic E-state index is 13.4. The van der Waals surface area contributed by atoms with Gasteiger partial charge in [-0.1, -0.05) is 0 Å². The van der Waals surface area contributed by atoms with Crippen LogP contribution in [0.3, 0.4) is 0 Å². The molecule has 0 amide bonds. The lowest BCUT2D eigenvalue weighted by Gasteiger charge is -2.16. The van der Waals surface area contributed by atoms with E-state index >= 15 is 0 Å². The van der Waals surface area contributed by atoms with Gasteiger partial charge in [-0.25, -0.2) is 4.79 Å². The summed E-state index contributed by atoms with van der Waals surface area (Å²) in [6, 6.07) is 2.60. The molecule has 0 aliphatic heterocycles. The highest BCUT2D eigenvalue weighted by Gasteiger charge is 2.38. The van der Waals surface area contributed by atoms with Gasteiger partial charge >= 0.3 is 5.97 Å². The van der Waals surface area contributed by atoms with E-state index < -0.39 is 18.0 Å². The summed E-state index contributed by atoms with van der Waals surface area (Å²) in [5.41, 5.74) is 0. The van der Waals surface area contributed by atoms with Gasteiger partial charge in [0.1, 0.15) is 5.76 Å². The molecule has 17 heavy (non-hydrogen) atoms. The molecule has 1 rings (SSSR count). The summed E-state index contributed by atoms with van der Waals surface area (Å²) >= 11 is 0. The number of hydrogen-bond acceptors (Lipinski definition) is 4. The van der Waals surface area contributed by atoms with Crippen molar-refractivity contribution in [1.82, 2.24) is 0 Å². The molecule has 0 bridgehead atoms. The molecule has 1 heterocycles. The van der Waals surface area contributed by atoms with Crippen LogP contribution >= 0.6 is 0 Å². The lowest BCUT2D eigenvalue weighted by molar-refractivity contribution is -0.137. The number of aliphatic hydroxyl groups is 1. The molecule has 0 saturated carbocycles. The van der Waals surface area contributed by atoms with Crippen LogP contribution in [0.15, 0.2) is 35.0 Å². The summed E-state index contributed by atoms with van der Waals surface area (Å²) < 4.78 is 35.9. The summed E-state index contributed by atoms with van der Waals surface area (Å²) in [4.78, 5) is 10.9. The van der Waals surface area contributed by atoms with Crippen LogP contribution in [0.25, 0.3) is 0 Å². The molecule has 94 valence electrons. The van der Waals surface area contributed by atoms with Gasteiger partial charge in [-0.2, -0.15) is 8.78 Å². The van der Waals surface area contributed by atoms with Gasteiger partial charge in [0.05, 0.1) is 12.9 Å². The van der Waals surface area contributed by atoms with E-state index in [4.69, 9.17) is 0 Å². The number of ether oxygens (including phenoxy) is 1. The van der Waals surface area contributed by atoms with Crippen LogP contribution in [-0.2, 0) is 9.53 Å². The van der Waals surface area contributed by atoms with Gasteiger partial charge in [0.2, 0.25) is 0 Å². The number of alkyl halides is 2. The van der Waals surface area contributed by atoms with E-state index in [1.807, 2.05) is 0 Å². The predicted molar refractivity (Wildman–Crippen MR) is 54.4 cm³/mol. The molecule has 0 spiro atoms. The summed E-state index contributed by atoms with van der Waals surface area (Å²) in [6.07, 6.45) is -0.0967. The van der Waals surface area contributed by atoms with Crippen LogP contribution in [-0.4, -0.2) is 23.6 Å². The summed E-state index contributed by atoms with van der Waals surface area (Å²) in [6.45, 7) is 1.65. The standard InChI is InChI=1S/C11H12F2O4/c1-2-16-9(14)5-6-11(12,13)10(15)8-4-3-7-17-8/h3-7,10,15H,2H2,1H3/b6-5+/t10-/m1/s1. The van der Waals surface area contributed by atoms with Gasteiger partial charge in [0.25, 0.3) is 5.92 Å². The van der Waals surface area contributed by atoms with Crippen LogP contribution < -0.4 is 0 Å². The minimum absolute atomic E-state index is 0.0927. The van der Waals surface area contributed by atoms with Crippen LogP contribution in [0, 0.1) is 0 Å². The number of furan rings is 1. The Kier molecular flexibility index (Phi) is 4.39. The van der Waals surface area contributed by atoms with Crippen molar-refractivity contribution in [3.63, 3.8) is 0 Å². The topological polar surface area (TPSA) is 59.7 Å². The fraction of sp³-hybridized carbons (Fsp3) is 0.364.